The number of hydrogen-bond donors (Lipinski definition) is 1. The van der Waals surface area contributed by atoms with Gasteiger partial charge in [0.15, 0.2) is 5.82 Å². The number of para-hydroxylation sites is 1. The Balaban J connectivity index is 1.82. The van der Waals surface area contributed by atoms with Gasteiger partial charge in [0.1, 0.15) is 0 Å². The van der Waals surface area contributed by atoms with Crippen molar-refractivity contribution in [2.24, 2.45) is 16.8 Å². The minimum atomic E-state index is -0.537. The molecule has 3 heterocycles. The molecule has 138 valence electrons. The summed E-state index contributed by atoms with van der Waals surface area (Å²) in [4.78, 5) is 18.2. The fraction of sp³-hybridized carbons (Fsp3) is 0.421. The number of nitriles is 1. The molecule has 2 unspecified atom stereocenters. The smallest absolute Gasteiger partial charge is 0.273 e. The highest BCUT2D eigenvalue weighted by Crippen LogP contribution is 2.45. The molecule has 1 saturated heterocycles. The lowest BCUT2D eigenvalue weighted by atomic mass is 9.72. The lowest BCUT2D eigenvalue weighted by Crippen LogP contribution is -2.38. The summed E-state index contributed by atoms with van der Waals surface area (Å²) in [5.41, 5.74) is 2.13. The predicted octanol–water partition coefficient (Wildman–Crippen LogP) is 3.02. The molecule has 8 nitrogen and oxygen atoms in total. The average Bonchev–Trinajstić information content (AvgIpc) is 3.15. The molecule has 0 bridgehead atoms. The number of rotatable bonds is 3. The summed E-state index contributed by atoms with van der Waals surface area (Å²) in [5, 5.41) is 28.6. The molecule has 2 aliphatic rings. The standard InChI is InChI=1S/C19H20N6O2/c1-24-8-6-12(7-9-24)18-14(10-20)17(15-11-21-23-19(15)22-18)13-4-2-3-5-16(13)25(26)27/h2-5,11-12,14,17H,6-9H2,1H3,(H,21,23). The Morgan fingerprint density at radius 1 is 1.30 bits per heavy atom. The molecular formula is C19H20N6O2. The summed E-state index contributed by atoms with van der Waals surface area (Å²) in [6, 6.07) is 9.05. The Kier molecular flexibility index (Phi) is 4.46. The number of nitro groups is 1. The van der Waals surface area contributed by atoms with E-state index in [4.69, 9.17) is 4.99 Å². The third kappa shape index (κ3) is 3.00. The van der Waals surface area contributed by atoms with Crippen LogP contribution in [0.2, 0.25) is 0 Å². The van der Waals surface area contributed by atoms with Gasteiger partial charge in [-0.15, -0.1) is 0 Å². The van der Waals surface area contributed by atoms with E-state index in [0.29, 0.717) is 11.4 Å². The number of aliphatic imine (C=N–C) groups is 1. The topological polar surface area (TPSA) is 111 Å². The quantitative estimate of drug-likeness (QED) is 0.665. The molecule has 0 amide bonds. The first-order valence-corrected chi connectivity index (χ1v) is 9.03. The summed E-state index contributed by atoms with van der Waals surface area (Å²) in [6.07, 6.45) is 3.50. The number of nitrogens with zero attached hydrogens (tertiary/aromatic N) is 5. The van der Waals surface area contributed by atoms with Gasteiger partial charge in [-0.3, -0.25) is 15.2 Å². The highest BCUT2D eigenvalue weighted by molar-refractivity contribution is 5.96. The van der Waals surface area contributed by atoms with Crippen molar-refractivity contribution >= 4 is 17.2 Å². The highest BCUT2D eigenvalue weighted by atomic mass is 16.6. The summed E-state index contributed by atoms with van der Waals surface area (Å²) in [7, 11) is 2.09. The molecule has 1 N–H and O–H groups in total. The maximum Gasteiger partial charge on any atom is 0.273 e. The molecule has 0 saturated carbocycles. The molecule has 2 aromatic rings. The second-order valence-corrected chi connectivity index (χ2v) is 7.19. The van der Waals surface area contributed by atoms with Crippen LogP contribution in [0.4, 0.5) is 11.5 Å². The van der Waals surface area contributed by atoms with Gasteiger partial charge in [0.25, 0.3) is 5.69 Å². The molecule has 2 aliphatic heterocycles. The van der Waals surface area contributed by atoms with Gasteiger partial charge in [0.2, 0.25) is 0 Å². The number of aromatic nitrogens is 2. The van der Waals surface area contributed by atoms with E-state index >= 15 is 0 Å². The Labute approximate surface area is 156 Å². The van der Waals surface area contributed by atoms with Crippen molar-refractivity contribution < 1.29 is 4.92 Å². The Hall–Kier alpha value is -3.05. The SMILES string of the molecule is CN1CCC(C2=Nc3[nH]ncc3C(c3ccccc3[N+](=O)[O-])C2C#N)CC1. The van der Waals surface area contributed by atoms with E-state index in [1.54, 1.807) is 24.4 Å². The van der Waals surface area contributed by atoms with Crippen LogP contribution >= 0.6 is 0 Å². The number of benzene rings is 1. The van der Waals surface area contributed by atoms with Gasteiger partial charge in [-0.2, -0.15) is 10.4 Å². The number of likely N-dealkylation sites (tertiary alicyclic amines) is 1. The van der Waals surface area contributed by atoms with Crippen LogP contribution in [0.3, 0.4) is 0 Å². The van der Waals surface area contributed by atoms with E-state index in [2.05, 4.69) is 28.2 Å². The summed E-state index contributed by atoms with van der Waals surface area (Å²) in [6.45, 7) is 1.90. The number of H-pyrrole nitrogens is 1. The van der Waals surface area contributed by atoms with Gasteiger partial charge < -0.3 is 4.90 Å². The van der Waals surface area contributed by atoms with Gasteiger partial charge in [0, 0.05) is 34.7 Å². The van der Waals surface area contributed by atoms with Crippen LogP contribution in [0, 0.1) is 33.3 Å². The van der Waals surface area contributed by atoms with Crippen molar-refractivity contribution in [3.63, 3.8) is 0 Å². The zero-order valence-electron chi connectivity index (χ0n) is 15.0. The molecule has 2 atom stereocenters. The number of nitrogens with one attached hydrogen (secondary N) is 1. The van der Waals surface area contributed by atoms with Crippen LogP contribution in [0.15, 0.2) is 35.5 Å². The van der Waals surface area contributed by atoms with Crippen molar-refractivity contribution in [3.8, 4) is 6.07 Å². The third-order valence-electron chi connectivity index (χ3n) is 5.62. The summed E-state index contributed by atoms with van der Waals surface area (Å²) in [5.74, 6) is -0.173. The Morgan fingerprint density at radius 2 is 2.04 bits per heavy atom. The Morgan fingerprint density at radius 3 is 2.74 bits per heavy atom. The van der Waals surface area contributed by atoms with E-state index in [0.717, 1.165) is 37.2 Å². The third-order valence-corrected chi connectivity index (χ3v) is 5.62. The van der Waals surface area contributed by atoms with Crippen LogP contribution in [0.1, 0.15) is 29.9 Å². The number of nitro benzene ring substituents is 1. The van der Waals surface area contributed by atoms with E-state index in [9.17, 15) is 15.4 Å². The molecule has 1 fully saturated rings. The van der Waals surface area contributed by atoms with Crippen molar-refractivity contribution in [1.29, 1.82) is 5.26 Å². The Bertz CT molecular complexity index is 936. The van der Waals surface area contributed by atoms with Crippen LogP contribution in [0.5, 0.6) is 0 Å². The first-order chi connectivity index (χ1) is 13.1. The lowest BCUT2D eigenvalue weighted by Gasteiger charge is -2.35. The number of fused-ring (bicyclic) bond motifs is 1. The number of aromatic amines is 1. The normalized spacial score (nSPS) is 23.3. The number of hydrogen-bond acceptors (Lipinski definition) is 6. The van der Waals surface area contributed by atoms with Crippen LogP contribution in [-0.2, 0) is 0 Å². The molecular weight excluding hydrogens is 344 g/mol. The molecule has 0 aliphatic carbocycles. The number of piperidine rings is 1. The van der Waals surface area contributed by atoms with Crippen molar-refractivity contribution in [2.75, 3.05) is 20.1 Å². The summed E-state index contributed by atoms with van der Waals surface area (Å²) >= 11 is 0. The highest BCUT2D eigenvalue weighted by Gasteiger charge is 2.41. The molecule has 1 aromatic heterocycles. The fourth-order valence-electron chi connectivity index (χ4n) is 4.21. The monoisotopic (exact) mass is 364 g/mol. The molecule has 27 heavy (non-hydrogen) atoms. The molecule has 8 heteroatoms. The van der Waals surface area contributed by atoms with E-state index < -0.39 is 11.8 Å². The molecule has 0 spiro atoms. The molecule has 4 rings (SSSR count). The van der Waals surface area contributed by atoms with Gasteiger partial charge in [0.05, 0.1) is 23.1 Å². The van der Waals surface area contributed by atoms with Crippen molar-refractivity contribution in [1.82, 2.24) is 15.1 Å². The van der Waals surface area contributed by atoms with Crippen LogP contribution in [0.25, 0.3) is 0 Å². The average molecular weight is 364 g/mol. The molecule has 1 aromatic carbocycles. The van der Waals surface area contributed by atoms with Gasteiger partial charge in [-0.05, 0) is 33.0 Å². The van der Waals surface area contributed by atoms with Gasteiger partial charge in [-0.25, -0.2) is 4.99 Å². The zero-order valence-corrected chi connectivity index (χ0v) is 15.0. The maximum absolute atomic E-state index is 11.6. The van der Waals surface area contributed by atoms with Crippen molar-refractivity contribution in [2.45, 2.75) is 18.8 Å². The van der Waals surface area contributed by atoms with E-state index in [1.165, 1.54) is 6.07 Å². The first kappa shape index (κ1) is 17.4. The van der Waals surface area contributed by atoms with Crippen LogP contribution in [-0.4, -0.2) is 45.9 Å². The second-order valence-electron chi connectivity index (χ2n) is 7.19. The predicted molar refractivity (Wildman–Crippen MR) is 99.9 cm³/mol. The van der Waals surface area contributed by atoms with E-state index in [-0.39, 0.29) is 16.5 Å². The molecule has 0 radical (unpaired) electrons. The fourth-order valence-corrected chi connectivity index (χ4v) is 4.21. The van der Waals surface area contributed by atoms with Crippen molar-refractivity contribution in [3.05, 3.63) is 51.7 Å². The second kappa shape index (κ2) is 6.93. The maximum atomic E-state index is 11.6. The summed E-state index contributed by atoms with van der Waals surface area (Å²) < 4.78 is 0. The van der Waals surface area contributed by atoms with Crippen LogP contribution < -0.4 is 0 Å². The first-order valence-electron chi connectivity index (χ1n) is 9.03. The zero-order chi connectivity index (χ0) is 19.0. The van der Waals surface area contributed by atoms with Gasteiger partial charge >= 0.3 is 0 Å². The minimum absolute atomic E-state index is 0.0273. The minimum Gasteiger partial charge on any atom is -0.306 e. The van der Waals surface area contributed by atoms with E-state index in [1.807, 2.05) is 0 Å². The van der Waals surface area contributed by atoms with Gasteiger partial charge in [-0.1, -0.05) is 18.2 Å². The lowest BCUT2D eigenvalue weighted by molar-refractivity contribution is -0.385. The largest absolute Gasteiger partial charge is 0.306 e.